The fourth-order valence-electron chi connectivity index (χ4n) is 3.07. The van der Waals surface area contributed by atoms with E-state index in [1.165, 1.54) is 17.3 Å². The highest BCUT2D eigenvalue weighted by Gasteiger charge is 2.18. The van der Waals surface area contributed by atoms with E-state index in [2.05, 4.69) is 38.4 Å². The normalized spacial score (nSPS) is 13.2. The maximum atomic E-state index is 12.4. The van der Waals surface area contributed by atoms with Crippen LogP contribution in [0.3, 0.4) is 0 Å². The van der Waals surface area contributed by atoms with Crippen LogP contribution in [0, 0.1) is 0 Å². The van der Waals surface area contributed by atoms with Crippen molar-refractivity contribution in [2.24, 2.45) is 0 Å². The van der Waals surface area contributed by atoms with Gasteiger partial charge in [0.25, 0.3) is 5.91 Å². The van der Waals surface area contributed by atoms with E-state index in [1.54, 1.807) is 24.4 Å². The molecule has 0 unspecified atom stereocenters. The van der Waals surface area contributed by atoms with Crippen LogP contribution in [0.4, 0.5) is 11.5 Å². The largest absolute Gasteiger partial charge is 0.351 e. The van der Waals surface area contributed by atoms with Gasteiger partial charge in [0.1, 0.15) is 11.5 Å². The number of halogens is 2. The molecule has 0 spiro atoms. The maximum Gasteiger partial charge on any atom is 0.275 e. The summed E-state index contributed by atoms with van der Waals surface area (Å²) in [5.74, 6) is 0.382. The molecule has 5 nitrogen and oxygen atoms in total. The topological polar surface area (TPSA) is 58.1 Å². The first-order chi connectivity index (χ1) is 13.1. The lowest BCUT2D eigenvalue weighted by atomic mass is 10.0. The van der Waals surface area contributed by atoms with Crippen molar-refractivity contribution in [3.8, 4) is 0 Å². The average Bonchev–Trinajstić information content (AvgIpc) is 2.70. The second kappa shape index (κ2) is 7.55. The standard InChI is InChI=1S/C20H16Cl2N4O/c21-15-5-6-17(16(22)9-15)25-20(27)18-10-24-19(11-23-18)26-8-7-13-3-1-2-4-14(13)12-26/h1-6,9-11H,7-8,12H2,(H,25,27). The molecule has 0 fully saturated rings. The Morgan fingerprint density at radius 1 is 1.04 bits per heavy atom. The van der Waals surface area contributed by atoms with Crippen LogP contribution in [0.5, 0.6) is 0 Å². The molecule has 136 valence electrons. The van der Waals surface area contributed by atoms with E-state index >= 15 is 0 Å². The highest BCUT2D eigenvalue weighted by molar-refractivity contribution is 6.36. The summed E-state index contributed by atoms with van der Waals surface area (Å²) in [6, 6.07) is 13.3. The van der Waals surface area contributed by atoms with E-state index in [9.17, 15) is 4.79 Å². The SMILES string of the molecule is O=C(Nc1ccc(Cl)cc1Cl)c1cnc(N2CCc3ccccc3C2)cn1. The molecule has 0 saturated carbocycles. The Morgan fingerprint density at radius 3 is 2.59 bits per heavy atom. The predicted octanol–water partition coefficient (Wildman–Crippen LogP) is 4.60. The Morgan fingerprint density at radius 2 is 1.85 bits per heavy atom. The van der Waals surface area contributed by atoms with Crippen LogP contribution >= 0.6 is 23.2 Å². The van der Waals surface area contributed by atoms with Crippen molar-refractivity contribution in [1.29, 1.82) is 0 Å². The van der Waals surface area contributed by atoms with Gasteiger partial charge in [0.05, 0.1) is 23.1 Å². The molecule has 1 amide bonds. The molecule has 2 heterocycles. The fourth-order valence-corrected chi connectivity index (χ4v) is 3.53. The third kappa shape index (κ3) is 3.89. The van der Waals surface area contributed by atoms with Gasteiger partial charge in [-0.3, -0.25) is 4.79 Å². The summed E-state index contributed by atoms with van der Waals surface area (Å²) in [6.45, 7) is 1.66. The van der Waals surface area contributed by atoms with E-state index in [0.29, 0.717) is 15.7 Å². The average molecular weight is 399 g/mol. The van der Waals surface area contributed by atoms with Gasteiger partial charge in [-0.1, -0.05) is 47.5 Å². The van der Waals surface area contributed by atoms with Crippen molar-refractivity contribution in [3.63, 3.8) is 0 Å². The Hall–Kier alpha value is -2.63. The van der Waals surface area contributed by atoms with Crippen molar-refractivity contribution in [2.75, 3.05) is 16.8 Å². The van der Waals surface area contributed by atoms with Crippen molar-refractivity contribution in [1.82, 2.24) is 9.97 Å². The molecule has 0 aliphatic carbocycles. The van der Waals surface area contributed by atoms with Gasteiger partial charge in [-0.2, -0.15) is 0 Å². The number of hydrogen-bond donors (Lipinski definition) is 1. The molecule has 4 rings (SSSR count). The molecular formula is C20H16Cl2N4O. The molecule has 1 N–H and O–H groups in total. The molecule has 27 heavy (non-hydrogen) atoms. The third-order valence-electron chi connectivity index (χ3n) is 4.50. The Labute approximate surface area is 167 Å². The van der Waals surface area contributed by atoms with Crippen molar-refractivity contribution < 1.29 is 4.79 Å². The number of hydrogen-bond acceptors (Lipinski definition) is 4. The molecule has 0 bridgehead atoms. The quantitative estimate of drug-likeness (QED) is 0.700. The molecular weight excluding hydrogens is 383 g/mol. The zero-order valence-corrected chi connectivity index (χ0v) is 15.8. The number of amides is 1. The lowest BCUT2D eigenvalue weighted by molar-refractivity contribution is 0.102. The monoisotopic (exact) mass is 398 g/mol. The number of carbonyl (C=O) groups is 1. The van der Waals surface area contributed by atoms with Crippen LogP contribution in [0.25, 0.3) is 0 Å². The number of anilines is 2. The molecule has 3 aromatic rings. The van der Waals surface area contributed by atoms with Crippen molar-refractivity contribution >= 4 is 40.6 Å². The molecule has 0 atom stereocenters. The fraction of sp³-hybridized carbons (Fsp3) is 0.150. The van der Waals surface area contributed by atoms with Crippen LogP contribution in [0.2, 0.25) is 10.0 Å². The molecule has 0 radical (unpaired) electrons. The summed E-state index contributed by atoms with van der Waals surface area (Å²) in [7, 11) is 0. The van der Waals surface area contributed by atoms with E-state index in [0.717, 1.165) is 25.3 Å². The third-order valence-corrected chi connectivity index (χ3v) is 5.05. The summed E-state index contributed by atoms with van der Waals surface area (Å²) < 4.78 is 0. The second-order valence-corrected chi connectivity index (χ2v) is 7.12. The van der Waals surface area contributed by atoms with Crippen LogP contribution in [0.1, 0.15) is 21.6 Å². The number of benzene rings is 2. The summed E-state index contributed by atoms with van der Waals surface area (Å²) >= 11 is 12.0. The number of carbonyl (C=O) groups excluding carboxylic acids is 1. The van der Waals surface area contributed by atoms with Crippen LogP contribution in [0.15, 0.2) is 54.9 Å². The highest BCUT2D eigenvalue weighted by Crippen LogP contribution is 2.26. The van der Waals surface area contributed by atoms with Gasteiger partial charge in [0, 0.05) is 18.1 Å². The minimum Gasteiger partial charge on any atom is -0.351 e. The predicted molar refractivity (Wildman–Crippen MR) is 108 cm³/mol. The minimum absolute atomic E-state index is 0.224. The first-order valence-corrected chi connectivity index (χ1v) is 9.26. The number of aromatic nitrogens is 2. The number of nitrogens with zero attached hydrogens (tertiary/aromatic N) is 3. The number of fused-ring (bicyclic) bond motifs is 1. The van der Waals surface area contributed by atoms with E-state index in [1.807, 2.05) is 6.07 Å². The minimum atomic E-state index is -0.373. The zero-order chi connectivity index (χ0) is 18.8. The van der Waals surface area contributed by atoms with Gasteiger partial charge >= 0.3 is 0 Å². The highest BCUT2D eigenvalue weighted by atomic mass is 35.5. The lowest BCUT2D eigenvalue weighted by Crippen LogP contribution is -2.31. The first-order valence-electron chi connectivity index (χ1n) is 8.50. The van der Waals surface area contributed by atoms with Gasteiger partial charge in [-0.05, 0) is 35.7 Å². The molecule has 1 aliphatic rings. The number of rotatable bonds is 3. The van der Waals surface area contributed by atoms with Gasteiger partial charge in [-0.15, -0.1) is 0 Å². The Kier molecular flexibility index (Phi) is 4.97. The van der Waals surface area contributed by atoms with Crippen molar-refractivity contribution in [2.45, 2.75) is 13.0 Å². The summed E-state index contributed by atoms with van der Waals surface area (Å²) in [6.07, 6.45) is 4.08. The van der Waals surface area contributed by atoms with Gasteiger partial charge in [-0.25, -0.2) is 9.97 Å². The smallest absolute Gasteiger partial charge is 0.275 e. The lowest BCUT2D eigenvalue weighted by Gasteiger charge is -2.29. The molecule has 1 aliphatic heterocycles. The summed E-state index contributed by atoms with van der Waals surface area (Å²) in [5, 5.41) is 3.59. The summed E-state index contributed by atoms with van der Waals surface area (Å²) in [4.78, 5) is 23.2. The second-order valence-electron chi connectivity index (χ2n) is 6.28. The van der Waals surface area contributed by atoms with Crippen LogP contribution in [-0.2, 0) is 13.0 Å². The first kappa shape index (κ1) is 17.8. The Balaban J connectivity index is 1.47. The van der Waals surface area contributed by atoms with E-state index in [-0.39, 0.29) is 11.6 Å². The molecule has 7 heteroatoms. The molecule has 2 aromatic carbocycles. The van der Waals surface area contributed by atoms with Gasteiger partial charge < -0.3 is 10.2 Å². The van der Waals surface area contributed by atoms with E-state index in [4.69, 9.17) is 23.2 Å². The Bertz CT molecular complexity index is 992. The summed E-state index contributed by atoms with van der Waals surface area (Å²) in [5.41, 5.74) is 3.37. The molecule has 0 saturated heterocycles. The van der Waals surface area contributed by atoms with Crippen molar-refractivity contribution in [3.05, 3.63) is 81.7 Å². The zero-order valence-electron chi connectivity index (χ0n) is 14.3. The molecule has 1 aromatic heterocycles. The van der Waals surface area contributed by atoms with Gasteiger partial charge in [0.15, 0.2) is 0 Å². The number of nitrogens with one attached hydrogen (secondary N) is 1. The van der Waals surface area contributed by atoms with Gasteiger partial charge in [0.2, 0.25) is 0 Å². The van der Waals surface area contributed by atoms with Crippen LogP contribution in [-0.4, -0.2) is 22.4 Å². The van der Waals surface area contributed by atoms with Crippen LogP contribution < -0.4 is 10.2 Å². The van der Waals surface area contributed by atoms with E-state index < -0.39 is 0 Å². The maximum absolute atomic E-state index is 12.4.